The van der Waals surface area contributed by atoms with E-state index in [1.165, 1.54) is 0 Å². The Kier molecular flexibility index (Phi) is 5.42. The number of rotatable bonds is 7. The molecule has 0 amide bonds. The molecule has 0 radical (unpaired) electrons. The van der Waals surface area contributed by atoms with Crippen LogP contribution < -0.4 is 0 Å². The van der Waals surface area contributed by atoms with Gasteiger partial charge < -0.3 is 5.11 Å². The van der Waals surface area contributed by atoms with Crippen LogP contribution in [0, 0.1) is 0 Å². The van der Waals surface area contributed by atoms with E-state index in [0.29, 0.717) is 0 Å². The first-order chi connectivity index (χ1) is 8.26. The second-order valence-corrected chi connectivity index (χ2v) is 6.49. The summed E-state index contributed by atoms with van der Waals surface area (Å²) in [5, 5.41) is 8.84. The molecule has 0 atom stereocenters. The predicted molar refractivity (Wildman–Crippen MR) is 60.5 cm³/mol. The third-order valence-electron chi connectivity index (χ3n) is 3.02. The Morgan fingerprint density at radius 1 is 1.28 bits per heavy atom. The van der Waals surface area contributed by atoms with Crippen molar-refractivity contribution in [1.29, 1.82) is 0 Å². The van der Waals surface area contributed by atoms with Crippen molar-refractivity contribution in [3.63, 3.8) is 0 Å². The third kappa shape index (κ3) is 4.74. The van der Waals surface area contributed by atoms with Crippen LogP contribution >= 0.6 is 0 Å². The Hall–Kier alpha value is -0.340. The summed E-state index contributed by atoms with van der Waals surface area (Å²) < 4.78 is 60.8. The van der Waals surface area contributed by atoms with Crippen LogP contribution in [0.15, 0.2) is 0 Å². The van der Waals surface area contributed by atoms with Crippen molar-refractivity contribution in [3.8, 4) is 0 Å². The smallest absolute Gasteiger partial charge is 0.389 e. The minimum Gasteiger partial charge on any atom is -0.395 e. The molecule has 1 saturated carbocycles. The van der Waals surface area contributed by atoms with E-state index in [-0.39, 0.29) is 19.2 Å². The van der Waals surface area contributed by atoms with Crippen LogP contribution in [0.25, 0.3) is 0 Å². The third-order valence-corrected chi connectivity index (χ3v) is 5.02. The van der Waals surface area contributed by atoms with Crippen molar-refractivity contribution in [3.05, 3.63) is 0 Å². The summed E-state index contributed by atoms with van der Waals surface area (Å²) in [4.78, 5) is 0. The van der Waals surface area contributed by atoms with Crippen LogP contribution in [-0.4, -0.2) is 49.0 Å². The molecule has 0 aliphatic heterocycles. The lowest BCUT2D eigenvalue weighted by molar-refractivity contribution is -0.134. The fraction of sp³-hybridized carbons (Fsp3) is 1.00. The molecular weight excluding hydrogens is 271 g/mol. The largest absolute Gasteiger partial charge is 0.395 e. The molecule has 0 heterocycles. The summed E-state index contributed by atoms with van der Waals surface area (Å²) in [6, 6.07) is -0.145. The van der Waals surface area contributed by atoms with Gasteiger partial charge in [-0.2, -0.15) is 17.5 Å². The lowest BCUT2D eigenvalue weighted by Gasteiger charge is -2.36. The zero-order valence-electron chi connectivity index (χ0n) is 9.99. The Morgan fingerprint density at radius 3 is 2.28 bits per heavy atom. The first kappa shape index (κ1) is 15.7. The van der Waals surface area contributed by atoms with Gasteiger partial charge in [-0.25, -0.2) is 8.42 Å². The number of nitrogens with zero attached hydrogens (tertiary/aromatic N) is 1. The van der Waals surface area contributed by atoms with Crippen LogP contribution in [0.2, 0.25) is 0 Å². The highest BCUT2D eigenvalue weighted by atomic mass is 32.2. The molecule has 1 fully saturated rings. The van der Waals surface area contributed by atoms with Gasteiger partial charge in [0.25, 0.3) is 0 Å². The van der Waals surface area contributed by atoms with E-state index in [9.17, 15) is 21.6 Å². The first-order valence-corrected chi connectivity index (χ1v) is 7.54. The second kappa shape index (κ2) is 6.21. The number of hydrogen-bond acceptors (Lipinski definition) is 3. The van der Waals surface area contributed by atoms with Gasteiger partial charge in [0.05, 0.1) is 12.4 Å². The van der Waals surface area contributed by atoms with Crippen molar-refractivity contribution in [2.75, 3.05) is 18.9 Å². The molecule has 1 N–H and O–H groups in total. The van der Waals surface area contributed by atoms with E-state index in [4.69, 9.17) is 5.11 Å². The first-order valence-electron chi connectivity index (χ1n) is 5.93. The normalized spacial score (nSPS) is 18.1. The average molecular weight is 289 g/mol. The van der Waals surface area contributed by atoms with Gasteiger partial charge in [-0.1, -0.05) is 6.42 Å². The number of aliphatic hydroxyl groups excluding tert-OH is 1. The Balaban J connectivity index is 2.53. The van der Waals surface area contributed by atoms with Gasteiger partial charge in [0.15, 0.2) is 0 Å². The number of alkyl halides is 3. The van der Waals surface area contributed by atoms with Crippen molar-refractivity contribution < 1.29 is 26.7 Å². The fourth-order valence-electron chi connectivity index (χ4n) is 1.89. The highest BCUT2D eigenvalue weighted by Crippen LogP contribution is 2.28. The number of halogens is 3. The highest BCUT2D eigenvalue weighted by molar-refractivity contribution is 7.89. The van der Waals surface area contributed by atoms with Crippen LogP contribution in [-0.2, 0) is 10.0 Å². The van der Waals surface area contributed by atoms with E-state index in [2.05, 4.69) is 0 Å². The van der Waals surface area contributed by atoms with Gasteiger partial charge in [0.1, 0.15) is 0 Å². The van der Waals surface area contributed by atoms with Crippen molar-refractivity contribution in [1.82, 2.24) is 4.31 Å². The number of hydrogen-bond donors (Lipinski definition) is 1. The summed E-state index contributed by atoms with van der Waals surface area (Å²) in [6.45, 7) is -0.339. The van der Waals surface area contributed by atoms with Crippen LogP contribution in [0.1, 0.15) is 32.1 Å². The van der Waals surface area contributed by atoms with E-state index in [1.54, 1.807) is 0 Å². The molecule has 0 unspecified atom stereocenters. The van der Waals surface area contributed by atoms with Crippen molar-refractivity contribution in [2.24, 2.45) is 0 Å². The van der Waals surface area contributed by atoms with Gasteiger partial charge in [0.2, 0.25) is 10.0 Å². The number of aliphatic hydroxyl groups is 1. The zero-order valence-corrected chi connectivity index (χ0v) is 10.8. The molecule has 1 aliphatic carbocycles. The molecule has 0 spiro atoms. The Labute approximate surface area is 105 Å². The lowest BCUT2D eigenvalue weighted by atomic mass is 9.93. The quantitative estimate of drug-likeness (QED) is 0.773. The zero-order chi connectivity index (χ0) is 13.8. The molecule has 4 nitrogen and oxygen atoms in total. The molecular formula is C10H18F3NO3S. The summed E-state index contributed by atoms with van der Waals surface area (Å²) in [7, 11) is -3.69. The maximum absolute atomic E-state index is 12.0. The lowest BCUT2D eigenvalue weighted by Crippen LogP contribution is -2.46. The molecule has 8 heteroatoms. The van der Waals surface area contributed by atoms with Gasteiger partial charge in [0, 0.05) is 19.0 Å². The molecule has 0 aromatic carbocycles. The van der Waals surface area contributed by atoms with Gasteiger partial charge in [-0.3, -0.25) is 0 Å². The molecule has 0 aromatic heterocycles. The maximum Gasteiger partial charge on any atom is 0.389 e. The molecule has 1 rings (SSSR count). The second-order valence-electron chi connectivity index (χ2n) is 4.45. The van der Waals surface area contributed by atoms with E-state index < -0.39 is 34.8 Å². The fourth-order valence-corrected chi connectivity index (χ4v) is 3.66. The number of sulfonamides is 1. The highest BCUT2D eigenvalue weighted by Gasteiger charge is 2.34. The molecule has 1 aliphatic rings. The monoisotopic (exact) mass is 289 g/mol. The molecule has 0 bridgehead atoms. The SMILES string of the molecule is O=S(=O)(CCCC(F)(F)F)N(CCO)C1CCC1. The van der Waals surface area contributed by atoms with Crippen molar-refractivity contribution in [2.45, 2.75) is 44.3 Å². The minimum absolute atomic E-state index is 0.0288. The topological polar surface area (TPSA) is 57.6 Å². The van der Waals surface area contributed by atoms with Gasteiger partial charge in [-0.05, 0) is 19.3 Å². The predicted octanol–water partition coefficient (Wildman–Crippen LogP) is 1.51. The van der Waals surface area contributed by atoms with Crippen LogP contribution in [0.3, 0.4) is 0 Å². The Bertz CT molecular complexity index is 352. The molecule has 0 aromatic rings. The molecule has 0 saturated heterocycles. The maximum atomic E-state index is 12.0. The summed E-state index contributed by atoms with van der Waals surface area (Å²) >= 11 is 0. The minimum atomic E-state index is -4.33. The van der Waals surface area contributed by atoms with Crippen LogP contribution in [0.4, 0.5) is 13.2 Å². The Morgan fingerprint density at radius 2 is 1.89 bits per heavy atom. The molecule has 108 valence electrons. The van der Waals surface area contributed by atoms with E-state index >= 15 is 0 Å². The average Bonchev–Trinajstić information content (AvgIpc) is 2.11. The van der Waals surface area contributed by atoms with Crippen LogP contribution in [0.5, 0.6) is 0 Å². The summed E-state index contributed by atoms with van der Waals surface area (Å²) in [5.41, 5.74) is 0. The standard InChI is InChI=1S/C10H18F3NO3S/c11-10(12,13)5-2-8-18(16,17)14(6-7-15)9-3-1-4-9/h9,15H,1-8H2. The van der Waals surface area contributed by atoms with E-state index in [1.807, 2.05) is 0 Å². The summed E-state index contributed by atoms with van der Waals surface area (Å²) in [5.74, 6) is -0.511. The van der Waals surface area contributed by atoms with Gasteiger partial charge >= 0.3 is 6.18 Å². The van der Waals surface area contributed by atoms with E-state index in [0.717, 1.165) is 23.6 Å². The van der Waals surface area contributed by atoms with Gasteiger partial charge in [-0.15, -0.1) is 0 Å². The van der Waals surface area contributed by atoms with Crippen molar-refractivity contribution >= 4 is 10.0 Å². The molecule has 18 heavy (non-hydrogen) atoms. The summed E-state index contributed by atoms with van der Waals surface area (Å²) in [6.07, 6.45) is -3.49.